The highest BCUT2D eigenvalue weighted by Crippen LogP contribution is 2.21. The number of aryl methyl sites for hydroxylation is 2. The highest BCUT2D eigenvalue weighted by atomic mass is 35.5. The van der Waals surface area contributed by atoms with Crippen molar-refractivity contribution in [1.29, 1.82) is 0 Å². The molecule has 118 valence electrons. The summed E-state index contributed by atoms with van der Waals surface area (Å²) in [4.78, 5) is 0. The van der Waals surface area contributed by atoms with Crippen LogP contribution in [0.15, 0.2) is 42.5 Å². The highest BCUT2D eigenvalue weighted by molar-refractivity contribution is 7.88. The van der Waals surface area contributed by atoms with Gasteiger partial charge in [-0.2, -0.15) is 0 Å². The Balaban J connectivity index is 2.16. The minimum absolute atomic E-state index is 0.0806. The molecular formula is C17H20ClNO2S. The van der Waals surface area contributed by atoms with Gasteiger partial charge >= 0.3 is 0 Å². The fourth-order valence-corrected chi connectivity index (χ4v) is 4.03. The number of sulfonamides is 1. The van der Waals surface area contributed by atoms with Crippen molar-refractivity contribution in [3.63, 3.8) is 0 Å². The lowest BCUT2D eigenvalue weighted by Crippen LogP contribution is -2.28. The lowest BCUT2D eigenvalue weighted by molar-refractivity contribution is 0.565. The average Bonchev–Trinajstić information content (AvgIpc) is 2.40. The van der Waals surface area contributed by atoms with E-state index in [9.17, 15) is 8.42 Å². The van der Waals surface area contributed by atoms with E-state index in [1.54, 1.807) is 24.3 Å². The minimum atomic E-state index is -3.44. The van der Waals surface area contributed by atoms with Gasteiger partial charge in [-0.1, -0.05) is 47.5 Å². The van der Waals surface area contributed by atoms with Crippen LogP contribution in [0.2, 0.25) is 5.02 Å². The second-order valence-electron chi connectivity index (χ2n) is 5.59. The van der Waals surface area contributed by atoms with Gasteiger partial charge in [0.05, 0.1) is 5.75 Å². The van der Waals surface area contributed by atoms with E-state index < -0.39 is 10.0 Å². The van der Waals surface area contributed by atoms with Gasteiger partial charge in [0.1, 0.15) is 0 Å². The summed E-state index contributed by atoms with van der Waals surface area (Å²) in [7, 11) is -3.44. The first-order chi connectivity index (χ1) is 10.3. The number of rotatable bonds is 5. The van der Waals surface area contributed by atoms with Crippen LogP contribution in [0, 0.1) is 13.8 Å². The van der Waals surface area contributed by atoms with Gasteiger partial charge in [0, 0.05) is 11.1 Å². The number of nitrogens with one attached hydrogen (secondary N) is 1. The third-order valence-electron chi connectivity index (χ3n) is 3.50. The summed E-state index contributed by atoms with van der Waals surface area (Å²) in [6, 6.07) is 12.7. The third-order valence-corrected chi connectivity index (χ3v) is 5.16. The van der Waals surface area contributed by atoms with Gasteiger partial charge in [0.15, 0.2) is 0 Å². The smallest absolute Gasteiger partial charge is 0.212 e. The molecule has 2 aromatic carbocycles. The van der Waals surface area contributed by atoms with E-state index in [1.165, 1.54) is 0 Å². The zero-order valence-corrected chi connectivity index (χ0v) is 14.5. The van der Waals surface area contributed by atoms with Gasteiger partial charge in [-0.25, -0.2) is 13.1 Å². The number of hydrogen-bond donors (Lipinski definition) is 1. The van der Waals surface area contributed by atoms with Gasteiger partial charge in [-0.15, -0.1) is 0 Å². The summed E-state index contributed by atoms with van der Waals surface area (Å²) in [5.41, 5.74) is 3.85. The van der Waals surface area contributed by atoms with Crippen LogP contribution in [0.1, 0.15) is 35.2 Å². The molecule has 0 radical (unpaired) electrons. The second-order valence-corrected chi connectivity index (χ2v) is 7.78. The maximum atomic E-state index is 12.3. The van der Waals surface area contributed by atoms with Crippen molar-refractivity contribution in [3.05, 3.63) is 69.7 Å². The molecule has 0 spiro atoms. The molecule has 0 aliphatic carbocycles. The Morgan fingerprint density at radius 1 is 1.14 bits per heavy atom. The number of halogens is 1. The standard InChI is InChI=1S/C17H20ClNO2S/c1-12-7-8-13(2)17(9-12)14(3)19-22(20,21)11-15-5-4-6-16(18)10-15/h4-10,14,19H,11H2,1-3H3/t14-/m1/s1. The molecule has 5 heteroatoms. The molecule has 2 rings (SSSR count). The summed E-state index contributed by atoms with van der Waals surface area (Å²) in [6.45, 7) is 5.84. The van der Waals surface area contributed by atoms with Crippen molar-refractivity contribution in [2.75, 3.05) is 0 Å². The second kappa shape index (κ2) is 6.82. The van der Waals surface area contributed by atoms with Gasteiger partial charge in [0.2, 0.25) is 10.0 Å². The maximum Gasteiger partial charge on any atom is 0.216 e. The predicted octanol–water partition coefficient (Wildman–Crippen LogP) is 4.14. The zero-order chi connectivity index (χ0) is 16.3. The van der Waals surface area contributed by atoms with Gasteiger partial charge < -0.3 is 0 Å². The monoisotopic (exact) mass is 337 g/mol. The van der Waals surface area contributed by atoms with Crippen LogP contribution < -0.4 is 4.72 Å². The normalized spacial score (nSPS) is 13.1. The quantitative estimate of drug-likeness (QED) is 0.891. The third kappa shape index (κ3) is 4.57. The fourth-order valence-electron chi connectivity index (χ4n) is 2.45. The van der Waals surface area contributed by atoms with Gasteiger partial charge in [-0.3, -0.25) is 0 Å². The number of hydrogen-bond acceptors (Lipinski definition) is 2. The zero-order valence-electron chi connectivity index (χ0n) is 12.9. The van der Waals surface area contributed by atoms with Crippen LogP contribution in [-0.2, 0) is 15.8 Å². The molecule has 0 aliphatic rings. The van der Waals surface area contributed by atoms with Crippen LogP contribution in [0.25, 0.3) is 0 Å². The van der Waals surface area contributed by atoms with E-state index in [4.69, 9.17) is 11.6 Å². The van der Waals surface area contributed by atoms with Crippen LogP contribution in [0.5, 0.6) is 0 Å². The first-order valence-electron chi connectivity index (χ1n) is 7.08. The molecule has 22 heavy (non-hydrogen) atoms. The molecule has 0 fully saturated rings. The number of benzene rings is 2. The molecule has 0 saturated heterocycles. The van der Waals surface area contributed by atoms with Crippen LogP contribution in [0.4, 0.5) is 0 Å². The molecule has 0 aliphatic heterocycles. The van der Waals surface area contributed by atoms with Crippen molar-refractivity contribution in [2.24, 2.45) is 0 Å². The van der Waals surface area contributed by atoms with E-state index >= 15 is 0 Å². The molecule has 0 aromatic heterocycles. The van der Waals surface area contributed by atoms with Crippen LogP contribution >= 0.6 is 11.6 Å². The molecule has 3 nitrogen and oxygen atoms in total. The van der Waals surface area contributed by atoms with Gasteiger partial charge in [0.25, 0.3) is 0 Å². The molecule has 0 bridgehead atoms. The van der Waals surface area contributed by atoms with E-state index in [-0.39, 0.29) is 11.8 Å². The Morgan fingerprint density at radius 3 is 2.55 bits per heavy atom. The van der Waals surface area contributed by atoms with Crippen molar-refractivity contribution >= 4 is 21.6 Å². The van der Waals surface area contributed by atoms with Gasteiger partial charge in [-0.05, 0) is 49.6 Å². The molecule has 2 aromatic rings. The Hall–Kier alpha value is -1.36. The first-order valence-corrected chi connectivity index (χ1v) is 9.11. The predicted molar refractivity (Wildman–Crippen MR) is 91.5 cm³/mol. The summed E-state index contributed by atoms with van der Waals surface area (Å²) >= 11 is 5.90. The molecule has 0 amide bonds. The van der Waals surface area contributed by atoms with E-state index in [1.807, 2.05) is 39.0 Å². The van der Waals surface area contributed by atoms with E-state index in [2.05, 4.69) is 4.72 Å². The van der Waals surface area contributed by atoms with Crippen molar-refractivity contribution in [1.82, 2.24) is 4.72 Å². The topological polar surface area (TPSA) is 46.2 Å². The largest absolute Gasteiger partial charge is 0.216 e. The Labute approximate surface area is 137 Å². The molecule has 0 unspecified atom stereocenters. The van der Waals surface area contributed by atoms with Crippen LogP contribution in [0.3, 0.4) is 0 Å². The lowest BCUT2D eigenvalue weighted by atomic mass is 10.0. The first kappa shape index (κ1) is 17.0. The Kier molecular flexibility index (Phi) is 5.27. The van der Waals surface area contributed by atoms with Crippen molar-refractivity contribution in [2.45, 2.75) is 32.6 Å². The minimum Gasteiger partial charge on any atom is -0.212 e. The highest BCUT2D eigenvalue weighted by Gasteiger charge is 2.18. The summed E-state index contributed by atoms with van der Waals surface area (Å²) in [6.07, 6.45) is 0. The van der Waals surface area contributed by atoms with E-state index in [0.717, 1.165) is 16.7 Å². The molecule has 0 saturated carbocycles. The summed E-state index contributed by atoms with van der Waals surface area (Å²) < 4.78 is 27.4. The Bertz CT molecular complexity index is 772. The molecular weight excluding hydrogens is 318 g/mol. The van der Waals surface area contributed by atoms with E-state index in [0.29, 0.717) is 10.6 Å². The molecule has 1 N–H and O–H groups in total. The summed E-state index contributed by atoms with van der Waals surface area (Å²) in [5.74, 6) is -0.0806. The molecule has 0 heterocycles. The SMILES string of the molecule is Cc1ccc(C)c([C@@H](C)NS(=O)(=O)Cc2cccc(Cl)c2)c1. The van der Waals surface area contributed by atoms with Crippen molar-refractivity contribution < 1.29 is 8.42 Å². The maximum absolute atomic E-state index is 12.3. The van der Waals surface area contributed by atoms with Crippen molar-refractivity contribution in [3.8, 4) is 0 Å². The molecule has 1 atom stereocenters. The fraction of sp³-hybridized carbons (Fsp3) is 0.294. The Morgan fingerprint density at radius 2 is 1.86 bits per heavy atom. The average molecular weight is 338 g/mol. The lowest BCUT2D eigenvalue weighted by Gasteiger charge is -2.17. The summed E-state index contributed by atoms with van der Waals surface area (Å²) in [5, 5.41) is 0.537. The van der Waals surface area contributed by atoms with Crippen LogP contribution in [-0.4, -0.2) is 8.42 Å².